The number of nitriles is 1. The molecule has 1 atom stereocenters. The second-order valence-electron chi connectivity index (χ2n) is 8.70. The molecule has 1 fully saturated rings. The van der Waals surface area contributed by atoms with Gasteiger partial charge in [0.05, 0.1) is 18.0 Å². The van der Waals surface area contributed by atoms with Crippen LogP contribution in [0.2, 0.25) is 0 Å². The minimum Gasteiger partial charge on any atom is -0.362 e. The van der Waals surface area contributed by atoms with E-state index in [0.717, 1.165) is 37.3 Å². The highest BCUT2D eigenvalue weighted by Gasteiger charge is 2.24. The predicted molar refractivity (Wildman–Crippen MR) is 150 cm³/mol. The van der Waals surface area contributed by atoms with Crippen LogP contribution in [-0.4, -0.2) is 79.7 Å². The van der Waals surface area contributed by atoms with Crippen LogP contribution in [0.15, 0.2) is 36.5 Å². The summed E-state index contributed by atoms with van der Waals surface area (Å²) in [5.41, 5.74) is 5.55. The number of benzene rings is 1. The summed E-state index contributed by atoms with van der Waals surface area (Å²) in [7, 11) is 3.28. The average Bonchev–Trinajstić information content (AvgIpc) is 3.40. The fraction of sp³-hybridized carbons (Fsp3) is 0.538. The van der Waals surface area contributed by atoms with Crippen molar-refractivity contribution in [1.29, 1.82) is 5.26 Å². The van der Waals surface area contributed by atoms with E-state index in [9.17, 15) is 14.9 Å². The van der Waals surface area contributed by atoms with Crippen LogP contribution >= 0.6 is 11.8 Å². The van der Waals surface area contributed by atoms with Crippen molar-refractivity contribution in [2.45, 2.75) is 38.9 Å². The van der Waals surface area contributed by atoms with Gasteiger partial charge in [0.2, 0.25) is 11.8 Å². The maximum absolute atomic E-state index is 12.7. The lowest BCUT2D eigenvalue weighted by atomic mass is 10.00. The Balaban J connectivity index is 0.00000291. The molecule has 200 valence electrons. The van der Waals surface area contributed by atoms with Gasteiger partial charge in [-0.3, -0.25) is 14.5 Å². The van der Waals surface area contributed by atoms with Crippen molar-refractivity contribution in [3.8, 4) is 6.07 Å². The van der Waals surface area contributed by atoms with Gasteiger partial charge in [0, 0.05) is 30.7 Å². The quantitative estimate of drug-likeness (QED) is 0.407. The molecule has 1 aromatic rings. The van der Waals surface area contributed by atoms with Crippen LogP contribution in [0.1, 0.15) is 33.6 Å². The van der Waals surface area contributed by atoms with Gasteiger partial charge in [-0.05, 0) is 84.2 Å². The summed E-state index contributed by atoms with van der Waals surface area (Å²) in [6.07, 6.45) is 5.89. The maximum Gasteiger partial charge on any atom is 0.239 e. The molecule has 0 saturated carbocycles. The summed E-state index contributed by atoms with van der Waals surface area (Å²) in [6, 6.07) is 9.79. The fourth-order valence-corrected chi connectivity index (χ4v) is 4.35. The van der Waals surface area contributed by atoms with Crippen molar-refractivity contribution in [3.05, 3.63) is 36.5 Å². The molecule has 2 amide bonds. The van der Waals surface area contributed by atoms with Crippen molar-refractivity contribution in [2.24, 2.45) is 11.1 Å². The van der Waals surface area contributed by atoms with Gasteiger partial charge in [-0.1, -0.05) is 6.07 Å². The third kappa shape index (κ3) is 12.7. The summed E-state index contributed by atoms with van der Waals surface area (Å²) in [5.74, 6) is 0.553. The van der Waals surface area contributed by atoms with E-state index in [4.69, 9.17) is 4.79 Å². The molecular formula is C26H42N6O3S. The molecule has 0 radical (unpaired) electrons. The summed E-state index contributed by atoms with van der Waals surface area (Å²) in [6.45, 7) is 10.7. The predicted octanol–water partition coefficient (Wildman–Crippen LogP) is 3.17. The van der Waals surface area contributed by atoms with Gasteiger partial charge in [-0.15, -0.1) is 11.8 Å². The number of nitrogens with one attached hydrogen (secondary N) is 2. The second kappa shape index (κ2) is 18.4. The number of thioether (sulfide) groups is 1. The first-order chi connectivity index (χ1) is 17.2. The Hall–Kier alpha value is -2.87. The molecule has 0 aliphatic carbocycles. The smallest absolute Gasteiger partial charge is 0.239 e. The molecule has 1 aliphatic rings. The van der Waals surface area contributed by atoms with Crippen molar-refractivity contribution < 1.29 is 14.4 Å². The number of carbonyl (C=O) groups is 3. The molecule has 9 nitrogen and oxygen atoms in total. The van der Waals surface area contributed by atoms with Gasteiger partial charge >= 0.3 is 0 Å². The first kappa shape index (κ1) is 33.1. The molecule has 1 unspecified atom stereocenters. The standard InChI is InChI=1S/C24H35N5O2S.CH5N.CH2O/c1-5-28(4)23(31)21(32-18-24(2,3)17-25)11-12-26-19-9-8-10-20(15-19)27-22(30)16-29-13-6-7-14-29;2*1-2/h8-12,15,21,26H,5-7,13-14,16,18H2,1-4H3,(H,27,30);2H2,1H3;1H2. The van der Waals surface area contributed by atoms with E-state index in [2.05, 4.69) is 27.3 Å². The maximum atomic E-state index is 12.7. The number of nitrogens with zero attached hydrogens (tertiary/aromatic N) is 3. The molecule has 36 heavy (non-hydrogen) atoms. The van der Waals surface area contributed by atoms with Gasteiger partial charge in [0.1, 0.15) is 12.0 Å². The van der Waals surface area contributed by atoms with E-state index in [1.54, 1.807) is 18.1 Å². The number of hydrogen-bond acceptors (Lipinski definition) is 8. The van der Waals surface area contributed by atoms with Crippen LogP contribution in [0.5, 0.6) is 0 Å². The highest BCUT2D eigenvalue weighted by Crippen LogP contribution is 2.26. The summed E-state index contributed by atoms with van der Waals surface area (Å²) in [4.78, 5) is 36.8. The summed E-state index contributed by atoms with van der Waals surface area (Å²) in [5, 5.41) is 15.0. The zero-order valence-corrected chi connectivity index (χ0v) is 23.1. The lowest BCUT2D eigenvalue weighted by molar-refractivity contribution is -0.128. The number of hydrogen-bond donors (Lipinski definition) is 3. The SMILES string of the molecule is C=O.CCN(C)C(=O)C(C=CNc1cccc(NC(=O)CN2CCCC2)c1)SCC(C)(C)C#N.CN. The molecule has 0 aromatic heterocycles. The minimum atomic E-state index is -0.503. The molecule has 0 bridgehead atoms. The molecular weight excluding hydrogens is 476 g/mol. The zero-order valence-electron chi connectivity index (χ0n) is 22.3. The number of rotatable bonds is 11. The molecule has 10 heteroatoms. The van der Waals surface area contributed by atoms with E-state index in [0.29, 0.717) is 18.8 Å². The van der Waals surface area contributed by atoms with Crippen LogP contribution in [0, 0.1) is 16.7 Å². The lowest BCUT2D eigenvalue weighted by Gasteiger charge is -2.22. The van der Waals surface area contributed by atoms with Crippen molar-refractivity contribution in [1.82, 2.24) is 9.80 Å². The van der Waals surface area contributed by atoms with Crippen LogP contribution in [0.3, 0.4) is 0 Å². The molecule has 1 heterocycles. The van der Waals surface area contributed by atoms with Gasteiger partial charge in [-0.25, -0.2) is 0 Å². The number of likely N-dealkylation sites (tertiary alicyclic amines) is 1. The fourth-order valence-electron chi connectivity index (χ4n) is 3.18. The second-order valence-corrected chi connectivity index (χ2v) is 9.83. The van der Waals surface area contributed by atoms with E-state index < -0.39 is 5.41 Å². The van der Waals surface area contributed by atoms with Crippen LogP contribution < -0.4 is 16.4 Å². The molecule has 1 aromatic carbocycles. The summed E-state index contributed by atoms with van der Waals surface area (Å²) >= 11 is 1.46. The first-order valence-electron chi connectivity index (χ1n) is 11.9. The highest BCUT2D eigenvalue weighted by atomic mass is 32.2. The lowest BCUT2D eigenvalue weighted by Crippen LogP contribution is -2.34. The van der Waals surface area contributed by atoms with Gasteiger partial charge in [-0.2, -0.15) is 5.26 Å². The van der Waals surface area contributed by atoms with Crippen molar-refractivity contribution in [3.63, 3.8) is 0 Å². The first-order valence-corrected chi connectivity index (χ1v) is 13.0. The molecule has 1 aliphatic heterocycles. The number of amides is 2. The number of anilines is 2. The van der Waals surface area contributed by atoms with Crippen molar-refractivity contribution in [2.75, 3.05) is 56.7 Å². The van der Waals surface area contributed by atoms with Crippen LogP contribution in [0.25, 0.3) is 0 Å². The Kier molecular flexibility index (Phi) is 16.9. The van der Waals surface area contributed by atoms with E-state index in [-0.39, 0.29) is 17.1 Å². The molecule has 1 saturated heterocycles. The van der Waals surface area contributed by atoms with Gasteiger partial charge in [0.25, 0.3) is 0 Å². The number of carbonyl (C=O) groups excluding carboxylic acids is 3. The van der Waals surface area contributed by atoms with E-state index in [1.807, 2.05) is 57.9 Å². The minimum absolute atomic E-state index is 0.00668. The molecule has 0 spiro atoms. The van der Waals surface area contributed by atoms with E-state index in [1.165, 1.54) is 18.8 Å². The van der Waals surface area contributed by atoms with Gasteiger partial charge < -0.3 is 26.1 Å². The zero-order chi connectivity index (χ0) is 27.6. The third-order valence-electron chi connectivity index (χ3n) is 5.25. The Labute approximate surface area is 220 Å². The van der Waals surface area contributed by atoms with Crippen molar-refractivity contribution >= 4 is 41.7 Å². The topological polar surface area (TPSA) is 132 Å². The Morgan fingerprint density at radius 2 is 1.89 bits per heavy atom. The Morgan fingerprint density at radius 1 is 1.28 bits per heavy atom. The number of nitrogens with two attached hydrogens (primary N) is 1. The summed E-state index contributed by atoms with van der Waals surface area (Å²) < 4.78 is 0. The van der Waals surface area contributed by atoms with E-state index >= 15 is 0 Å². The molecule has 4 N–H and O–H groups in total. The van der Waals surface area contributed by atoms with Crippen LogP contribution in [-0.2, 0) is 14.4 Å². The monoisotopic (exact) mass is 518 g/mol. The average molecular weight is 519 g/mol. The largest absolute Gasteiger partial charge is 0.362 e. The molecule has 2 rings (SSSR count). The Bertz CT molecular complexity index is 865. The van der Waals surface area contributed by atoms with Gasteiger partial charge in [0.15, 0.2) is 0 Å². The highest BCUT2D eigenvalue weighted by molar-refractivity contribution is 8.00. The Morgan fingerprint density at radius 3 is 2.47 bits per heavy atom. The third-order valence-corrected chi connectivity index (χ3v) is 6.86. The van der Waals surface area contributed by atoms with Crippen LogP contribution in [0.4, 0.5) is 11.4 Å². The normalized spacial score (nSPS) is 13.9.